The van der Waals surface area contributed by atoms with Crippen LogP contribution in [0.4, 0.5) is 4.39 Å². The Labute approximate surface area is 163 Å². The van der Waals surface area contributed by atoms with Gasteiger partial charge < -0.3 is 10.1 Å². The number of carbonyl (C=O) groups excluding carboxylic acids is 2. The molecule has 0 bridgehead atoms. The number of rotatable bonds is 10. The predicted octanol–water partition coefficient (Wildman–Crippen LogP) is 1.40. The van der Waals surface area contributed by atoms with Crippen molar-refractivity contribution in [3.05, 3.63) is 66.0 Å². The molecule has 0 spiro atoms. The van der Waals surface area contributed by atoms with E-state index in [2.05, 4.69) is 10.0 Å². The number of ether oxygens (including phenoxy) is 1. The molecule has 9 heteroatoms. The molecule has 2 N–H and O–H groups in total. The largest absolute Gasteiger partial charge is 0.456 e. The van der Waals surface area contributed by atoms with Crippen LogP contribution >= 0.6 is 0 Å². The summed E-state index contributed by atoms with van der Waals surface area (Å²) in [5, 5.41) is 2.52. The summed E-state index contributed by atoms with van der Waals surface area (Å²) in [4.78, 5) is 23.4. The zero-order chi connectivity index (χ0) is 20.4. The third kappa shape index (κ3) is 7.09. The Morgan fingerprint density at radius 3 is 2.36 bits per heavy atom. The molecule has 0 radical (unpaired) electrons. The van der Waals surface area contributed by atoms with Gasteiger partial charge in [0.15, 0.2) is 6.61 Å². The van der Waals surface area contributed by atoms with Crippen LogP contribution in [0.1, 0.15) is 12.0 Å². The van der Waals surface area contributed by atoms with E-state index in [1.54, 1.807) is 36.4 Å². The fourth-order valence-electron chi connectivity index (χ4n) is 2.28. The van der Waals surface area contributed by atoms with Crippen molar-refractivity contribution < 1.29 is 27.1 Å². The summed E-state index contributed by atoms with van der Waals surface area (Å²) in [7, 11) is -3.70. The molecule has 1 amide bonds. The highest BCUT2D eigenvalue weighted by atomic mass is 32.2. The molecule has 0 unspecified atom stereocenters. The van der Waals surface area contributed by atoms with E-state index in [9.17, 15) is 22.4 Å². The third-order valence-electron chi connectivity index (χ3n) is 3.71. The molecule has 0 atom stereocenters. The Morgan fingerprint density at radius 1 is 0.964 bits per heavy atom. The molecule has 0 heterocycles. The number of amides is 1. The Morgan fingerprint density at radius 2 is 1.64 bits per heavy atom. The molecular weight excluding hydrogens is 387 g/mol. The van der Waals surface area contributed by atoms with Gasteiger partial charge in [-0.1, -0.05) is 36.4 Å². The highest BCUT2D eigenvalue weighted by Gasteiger charge is 2.14. The van der Waals surface area contributed by atoms with Crippen LogP contribution in [-0.2, 0) is 30.8 Å². The zero-order valence-corrected chi connectivity index (χ0v) is 15.9. The highest BCUT2D eigenvalue weighted by Crippen LogP contribution is 2.07. The quantitative estimate of drug-likeness (QED) is 0.579. The van der Waals surface area contributed by atoms with E-state index in [0.717, 1.165) is 0 Å². The molecule has 7 nitrogen and oxygen atoms in total. The van der Waals surface area contributed by atoms with Gasteiger partial charge in [0.25, 0.3) is 5.91 Å². The second kappa shape index (κ2) is 10.5. The van der Waals surface area contributed by atoms with Gasteiger partial charge in [-0.15, -0.1) is 0 Å². The van der Waals surface area contributed by atoms with Crippen LogP contribution in [0.25, 0.3) is 0 Å². The smallest absolute Gasteiger partial charge is 0.307 e. The first-order valence-corrected chi connectivity index (χ1v) is 10.1. The normalized spacial score (nSPS) is 11.0. The van der Waals surface area contributed by atoms with Crippen LogP contribution in [0.5, 0.6) is 0 Å². The molecule has 0 aromatic heterocycles. The maximum atomic E-state index is 13.4. The van der Waals surface area contributed by atoms with E-state index < -0.39 is 28.5 Å². The lowest BCUT2D eigenvalue weighted by molar-refractivity contribution is -0.148. The van der Waals surface area contributed by atoms with Crippen LogP contribution < -0.4 is 10.0 Å². The Bertz CT molecular complexity index is 904. The van der Waals surface area contributed by atoms with Crippen LogP contribution in [0, 0.1) is 5.82 Å². The van der Waals surface area contributed by atoms with Crippen LogP contribution in [0.3, 0.4) is 0 Å². The topological polar surface area (TPSA) is 102 Å². The Hall–Kier alpha value is -2.78. The van der Waals surface area contributed by atoms with E-state index in [4.69, 9.17) is 4.74 Å². The van der Waals surface area contributed by atoms with Crippen molar-refractivity contribution in [3.63, 3.8) is 0 Å². The number of esters is 1. The van der Waals surface area contributed by atoms with Gasteiger partial charge in [-0.3, -0.25) is 9.59 Å². The van der Waals surface area contributed by atoms with E-state index >= 15 is 0 Å². The van der Waals surface area contributed by atoms with E-state index in [1.807, 2.05) is 0 Å². The lowest BCUT2D eigenvalue weighted by atomic mass is 10.1. The van der Waals surface area contributed by atoms with Crippen molar-refractivity contribution in [2.45, 2.75) is 17.7 Å². The van der Waals surface area contributed by atoms with Crippen molar-refractivity contribution in [2.24, 2.45) is 0 Å². The van der Waals surface area contributed by atoms with E-state index in [1.165, 1.54) is 18.2 Å². The van der Waals surface area contributed by atoms with Gasteiger partial charge in [0.05, 0.1) is 11.3 Å². The number of hydrogen-bond donors (Lipinski definition) is 2. The predicted molar refractivity (Wildman–Crippen MR) is 100 cm³/mol. The fourth-order valence-corrected chi connectivity index (χ4v) is 3.33. The summed E-state index contributed by atoms with van der Waals surface area (Å²) in [5.74, 6) is -1.57. The first kappa shape index (κ1) is 21.5. The summed E-state index contributed by atoms with van der Waals surface area (Å²) in [6, 6.07) is 14.0. The van der Waals surface area contributed by atoms with Crippen molar-refractivity contribution in [3.8, 4) is 0 Å². The van der Waals surface area contributed by atoms with Gasteiger partial charge >= 0.3 is 5.97 Å². The van der Waals surface area contributed by atoms with Gasteiger partial charge in [0.2, 0.25) is 10.0 Å². The van der Waals surface area contributed by atoms with Crippen molar-refractivity contribution in [1.82, 2.24) is 10.0 Å². The zero-order valence-electron chi connectivity index (χ0n) is 15.1. The summed E-state index contributed by atoms with van der Waals surface area (Å²) < 4.78 is 44.5. The van der Waals surface area contributed by atoms with Gasteiger partial charge in [-0.05, 0) is 30.2 Å². The van der Waals surface area contributed by atoms with Gasteiger partial charge in [-0.2, -0.15) is 0 Å². The van der Waals surface area contributed by atoms with Gasteiger partial charge in [0.1, 0.15) is 5.82 Å². The molecule has 0 aliphatic carbocycles. The molecule has 2 aromatic rings. The van der Waals surface area contributed by atoms with Gasteiger partial charge in [-0.25, -0.2) is 17.5 Å². The molecule has 0 fully saturated rings. The number of nitrogens with one attached hydrogen (secondary N) is 2. The standard InChI is InChI=1S/C19H21FN2O5S/c20-17-9-5-4-6-15(17)10-12-21-18(23)14-27-19(24)11-13-22-28(25,26)16-7-2-1-3-8-16/h1-9,22H,10-14H2,(H,21,23). The third-order valence-corrected chi connectivity index (χ3v) is 5.19. The molecule has 2 rings (SSSR count). The van der Waals surface area contributed by atoms with E-state index in [-0.39, 0.29) is 30.2 Å². The van der Waals surface area contributed by atoms with Crippen molar-refractivity contribution >= 4 is 21.9 Å². The number of hydrogen-bond acceptors (Lipinski definition) is 5. The number of benzene rings is 2. The molecule has 0 aliphatic rings. The van der Waals surface area contributed by atoms with Gasteiger partial charge in [0, 0.05) is 13.1 Å². The SMILES string of the molecule is O=C(COC(=O)CCNS(=O)(=O)c1ccccc1)NCCc1ccccc1F. The Kier molecular flexibility index (Phi) is 8.09. The minimum atomic E-state index is -3.70. The molecule has 28 heavy (non-hydrogen) atoms. The molecule has 0 aliphatic heterocycles. The number of carbonyl (C=O) groups is 2. The highest BCUT2D eigenvalue weighted by molar-refractivity contribution is 7.89. The van der Waals surface area contributed by atoms with Crippen LogP contribution in [0.2, 0.25) is 0 Å². The maximum Gasteiger partial charge on any atom is 0.307 e. The molecule has 2 aromatic carbocycles. The first-order chi connectivity index (χ1) is 13.4. The van der Waals surface area contributed by atoms with Crippen molar-refractivity contribution in [1.29, 1.82) is 0 Å². The second-order valence-electron chi connectivity index (χ2n) is 5.81. The molecular formula is C19H21FN2O5S. The van der Waals surface area contributed by atoms with E-state index in [0.29, 0.717) is 12.0 Å². The first-order valence-electron chi connectivity index (χ1n) is 8.59. The summed E-state index contributed by atoms with van der Waals surface area (Å²) >= 11 is 0. The molecule has 0 saturated heterocycles. The van der Waals surface area contributed by atoms with Crippen molar-refractivity contribution in [2.75, 3.05) is 19.7 Å². The van der Waals surface area contributed by atoms with Crippen LogP contribution in [0.15, 0.2) is 59.5 Å². The minimum absolute atomic E-state index is 0.0950. The lowest BCUT2D eigenvalue weighted by Crippen LogP contribution is -2.31. The lowest BCUT2D eigenvalue weighted by Gasteiger charge is -2.08. The average Bonchev–Trinajstić information content (AvgIpc) is 2.68. The summed E-state index contributed by atoms with van der Waals surface area (Å²) in [5.41, 5.74) is 0.477. The van der Waals surface area contributed by atoms with Crippen LogP contribution in [-0.4, -0.2) is 40.0 Å². The minimum Gasteiger partial charge on any atom is -0.456 e. The molecule has 150 valence electrons. The number of sulfonamides is 1. The second-order valence-corrected chi connectivity index (χ2v) is 7.58. The summed E-state index contributed by atoms with van der Waals surface area (Å²) in [6.07, 6.45) is 0.0994. The maximum absolute atomic E-state index is 13.4. The number of halogens is 1. The summed E-state index contributed by atoms with van der Waals surface area (Å²) in [6.45, 7) is -0.430. The average molecular weight is 408 g/mol. The Balaban J connectivity index is 1.63. The monoisotopic (exact) mass is 408 g/mol. The fraction of sp³-hybridized carbons (Fsp3) is 0.263. The molecule has 0 saturated carbocycles.